The fraction of sp³-hybridized carbons (Fsp3) is 0. The summed E-state index contributed by atoms with van der Waals surface area (Å²) in [4.78, 5) is 8.64. The van der Waals surface area contributed by atoms with E-state index in [4.69, 9.17) is 29.1 Å². The molecule has 0 aliphatic carbocycles. The van der Waals surface area contributed by atoms with Crippen LogP contribution in [0.5, 0.6) is 0 Å². The molecular formula is C40H24N2OS. The molecule has 0 N–H and O–H groups in total. The Kier molecular flexibility index (Phi) is 2.77. The van der Waals surface area contributed by atoms with Crippen molar-refractivity contribution < 1.29 is 31.8 Å². The predicted molar refractivity (Wildman–Crippen MR) is 184 cm³/mol. The first-order chi connectivity index (χ1) is 30.1. The Bertz CT molecular complexity index is 3610. The van der Waals surface area contributed by atoms with E-state index in [1.165, 1.54) is 6.07 Å². The minimum atomic E-state index is -0.857. The van der Waals surface area contributed by atoms with Crippen molar-refractivity contribution in [3.8, 4) is 44.6 Å². The third kappa shape index (κ3) is 3.96. The van der Waals surface area contributed by atoms with Crippen molar-refractivity contribution in [3.63, 3.8) is 0 Å². The van der Waals surface area contributed by atoms with Crippen LogP contribution in [0.2, 0.25) is 0 Å². The highest BCUT2D eigenvalue weighted by atomic mass is 32.1. The Morgan fingerprint density at radius 3 is 2.14 bits per heavy atom. The van der Waals surface area contributed by atoms with Crippen molar-refractivity contribution >= 4 is 53.6 Å². The monoisotopic (exact) mass is 600 g/mol. The number of aromatic nitrogens is 2. The lowest BCUT2D eigenvalue weighted by atomic mass is 9.96. The minimum absolute atomic E-state index is 0.00475. The third-order valence-electron chi connectivity index (χ3n) is 6.97. The molecule has 0 bridgehead atoms. The van der Waals surface area contributed by atoms with E-state index < -0.39 is 143 Å². The smallest absolute Gasteiger partial charge is 0.180 e. The summed E-state index contributed by atoms with van der Waals surface area (Å²) < 4.78 is 181. The number of furan rings is 1. The van der Waals surface area contributed by atoms with Gasteiger partial charge in [-0.2, -0.15) is 0 Å². The van der Waals surface area contributed by atoms with Gasteiger partial charge in [-0.1, -0.05) is 115 Å². The second-order valence-corrected chi connectivity index (χ2v) is 10.5. The number of thiophene rings is 1. The zero-order valence-electron chi connectivity index (χ0n) is 42.0. The molecule has 3 nitrogen and oxygen atoms in total. The van der Waals surface area contributed by atoms with E-state index in [9.17, 15) is 2.74 Å². The zero-order chi connectivity index (χ0) is 46.4. The van der Waals surface area contributed by atoms with E-state index in [0.29, 0.717) is 0 Å². The lowest BCUT2D eigenvalue weighted by Gasteiger charge is -2.09. The van der Waals surface area contributed by atoms with Gasteiger partial charge in [-0.3, -0.25) is 0 Å². The number of rotatable bonds is 4. The quantitative estimate of drug-likeness (QED) is 0.202. The van der Waals surface area contributed by atoms with Gasteiger partial charge in [-0.05, 0) is 52.0 Å². The zero-order valence-corrected chi connectivity index (χ0v) is 22.8. The molecule has 0 radical (unpaired) electrons. The van der Waals surface area contributed by atoms with Crippen molar-refractivity contribution in [1.29, 1.82) is 0 Å². The van der Waals surface area contributed by atoms with Gasteiger partial charge >= 0.3 is 0 Å². The molecule has 0 aliphatic rings. The van der Waals surface area contributed by atoms with E-state index in [-0.39, 0.29) is 64.6 Å². The highest BCUT2D eigenvalue weighted by Gasteiger charge is 2.18. The van der Waals surface area contributed by atoms with Crippen LogP contribution in [0.25, 0.3) is 86.9 Å². The number of hydrogen-bond donors (Lipinski definition) is 0. The summed E-state index contributed by atoms with van der Waals surface area (Å²) in [6, 6.07) is -8.87. The average Bonchev–Trinajstić information content (AvgIpc) is 3.87. The lowest BCUT2D eigenvalue weighted by molar-refractivity contribution is 0.668. The molecule has 4 heteroatoms. The summed E-state index contributed by atoms with van der Waals surface area (Å²) in [5.74, 6) is 0. The van der Waals surface area contributed by atoms with E-state index >= 15 is 0 Å². The molecule has 0 aliphatic heterocycles. The summed E-state index contributed by atoms with van der Waals surface area (Å²) >= 11 is 0.719. The van der Waals surface area contributed by atoms with Gasteiger partial charge in [-0.25, -0.2) is 9.97 Å². The molecule has 0 spiro atoms. The van der Waals surface area contributed by atoms with Gasteiger partial charge in [-0.15, -0.1) is 11.3 Å². The third-order valence-corrected chi connectivity index (χ3v) is 8.09. The van der Waals surface area contributed by atoms with Gasteiger partial charge in [0.1, 0.15) is 23.1 Å². The number of fused-ring (bicyclic) bond motifs is 6. The average molecular weight is 601 g/mol. The molecule has 0 saturated heterocycles. The van der Waals surface area contributed by atoms with Crippen molar-refractivity contribution in [1.82, 2.24) is 9.97 Å². The largest absolute Gasteiger partial charge is 0.451 e. The van der Waals surface area contributed by atoms with Crippen LogP contribution < -0.4 is 0 Å². The second kappa shape index (κ2) is 10.0. The van der Waals surface area contributed by atoms with E-state index in [1.807, 2.05) is 0 Å². The first-order valence-corrected chi connectivity index (χ1v) is 13.8. The second-order valence-electron chi connectivity index (χ2n) is 9.44. The fourth-order valence-electron chi connectivity index (χ4n) is 5.04. The summed E-state index contributed by atoms with van der Waals surface area (Å²) in [5.41, 5.74) is -3.11. The van der Waals surface area contributed by atoms with Crippen molar-refractivity contribution in [3.05, 3.63) is 145 Å². The van der Waals surface area contributed by atoms with Crippen LogP contribution in [0.4, 0.5) is 0 Å². The van der Waals surface area contributed by atoms with E-state index in [2.05, 4.69) is 9.97 Å². The Morgan fingerprint density at radius 2 is 1.25 bits per heavy atom. The van der Waals surface area contributed by atoms with Gasteiger partial charge in [0, 0.05) is 36.7 Å². The summed E-state index contributed by atoms with van der Waals surface area (Å²) in [6.07, 6.45) is 1.07. The molecule has 9 rings (SSSR count). The molecule has 0 saturated carbocycles. The van der Waals surface area contributed by atoms with Crippen LogP contribution in [0.3, 0.4) is 0 Å². The van der Waals surface area contributed by atoms with Crippen LogP contribution in [0.1, 0.15) is 27.4 Å². The highest BCUT2D eigenvalue weighted by molar-refractivity contribution is 7.26. The maximum absolute atomic E-state index is 9.53. The predicted octanol–water partition coefficient (Wildman–Crippen LogP) is 11.4. The topological polar surface area (TPSA) is 38.9 Å². The molecule has 0 fully saturated rings. The minimum Gasteiger partial charge on any atom is -0.451 e. The molecule has 44 heavy (non-hydrogen) atoms. The Morgan fingerprint density at radius 1 is 0.545 bits per heavy atom. The van der Waals surface area contributed by atoms with Crippen LogP contribution in [0.15, 0.2) is 150 Å². The van der Waals surface area contributed by atoms with Gasteiger partial charge in [0.2, 0.25) is 0 Å². The van der Waals surface area contributed by atoms with E-state index in [1.54, 1.807) is 12.1 Å². The molecule has 0 atom stereocenters. The standard InChI is InChI=1S/C40H24N2OS/c1-2-10-25(11-3-1)30-17-8-20-34-37-39(43-38(30)34)36(41-24-42-37)29-15-7-13-27(23-29)26-12-6-14-28(22-26)31-18-9-19-33-32-16-4-5-21-35(32)44-40(31)33/h1-24H/i1D,2D,3D,4D,5D,6D,7D,9D,10D,11D,12D,13D,14D,15D,16D,18D,19D,21D,22D,23D. The maximum atomic E-state index is 9.53. The summed E-state index contributed by atoms with van der Waals surface area (Å²) in [5, 5.41) is -0.0271. The van der Waals surface area contributed by atoms with Crippen LogP contribution in [-0.4, -0.2) is 9.97 Å². The molecule has 206 valence electrons. The van der Waals surface area contributed by atoms with Crippen LogP contribution >= 0.6 is 11.3 Å². The summed E-state index contributed by atoms with van der Waals surface area (Å²) in [6.45, 7) is 0. The normalized spacial score (nSPS) is 18.0. The maximum Gasteiger partial charge on any atom is 0.180 e. The van der Waals surface area contributed by atoms with Crippen LogP contribution in [0, 0.1) is 0 Å². The number of nitrogens with zero attached hydrogens (tertiary/aromatic N) is 2. The molecule has 6 aromatic carbocycles. The van der Waals surface area contributed by atoms with Gasteiger partial charge < -0.3 is 4.42 Å². The highest BCUT2D eigenvalue weighted by Crippen LogP contribution is 2.41. The first kappa shape index (κ1) is 12.2. The Hall–Kier alpha value is -5.58. The first-order valence-electron chi connectivity index (χ1n) is 23.0. The van der Waals surface area contributed by atoms with Crippen LogP contribution in [-0.2, 0) is 0 Å². The van der Waals surface area contributed by atoms with E-state index in [0.717, 1.165) is 17.7 Å². The summed E-state index contributed by atoms with van der Waals surface area (Å²) in [7, 11) is 0. The Balaban J connectivity index is 1.35. The molecule has 9 aromatic rings. The van der Waals surface area contributed by atoms with Gasteiger partial charge in [0.25, 0.3) is 0 Å². The molecular weight excluding hydrogens is 557 g/mol. The molecule has 3 aromatic heterocycles. The molecule has 0 unspecified atom stereocenters. The lowest BCUT2D eigenvalue weighted by Crippen LogP contribution is -1.88. The number of hydrogen-bond acceptors (Lipinski definition) is 4. The van der Waals surface area contributed by atoms with Crippen molar-refractivity contribution in [2.75, 3.05) is 0 Å². The van der Waals surface area contributed by atoms with Gasteiger partial charge in [0.05, 0.1) is 27.4 Å². The SMILES string of the molecule is [2H]c1c([2H])c([2H])c(-c2cccc3c2oc2c(-c4c([2H])c([2H])c([2H])c(-c5c([2H])c([2H])c([2H])c(-c6c([2H])c([2H])c([2H])c7c6sc6c([2H])c([2H])c([2H])c([2H])c67)c5[2H])c4[2H])ncnc23)c([2H])c1[2H]. The number of para-hydroxylation sites is 1. The number of benzene rings is 6. The fourth-order valence-corrected chi connectivity index (χ4v) is 6.11. The van der Waals surface area contributed by atoms with Crippen molar-refractivity contribution in [2.45, 2.75) is 0 Å². The molecule has 0 amide bonds. The molecule has 3 heterocycles. The Labute approximate surface area is 285 Å². The van der Waals surface area contributed by atoms with Gasteiger partial charge in [0.15, 0.2) is 5.58 Å². The van der Waals surface area contributed by atoms with Crippen molar-refractivity contribution in [2.24, 2.45) is 0 Å².